The molecule has 4 nitrogen and oxygen atoms in total. The molecule has 5 heteroatoms. The molecule has 1 aliphatic rings. The Morgan fingerprint density at radius 1 is 1.44 bits per heavy atom. The minimum absolute atomic E-state index is 0.0688. The minimum Gasteiger partial charge on any atom is -0.381 e. The lowest BCUT2D eigenvalue weighted by molar-refractivity contribution is 0.0696. The average molecular weight is 285 g/mol. The summed E-state index contributed by atoms with van der Waals surface area (Å²) in [7, 11) is 0. The lowest BCUT2D eigenvalue weighted by Gasteiger charge is -2.23. The number of carbonyl (C=O) groups excluding carboxylic acids is 1. The van der Waals surface area contributed by atoms with Crippen LogP contribution in [0.2, 0.25) is 0 Å². The fraction of sp³-hybridized carbons (Fsp3) is 0.455. The standard InChI is InChI=1S/C11H13BrN2O2/c12-9-5-8(6-13-7-9)11(15)14-10-1-3-16-4-2-10/h5-7,10H,1-4H2,(H,14,15). The summed E-state index contributed by atoms with van der Waals surface area (Å²) in [6, 6.07) is 1.99. The van der Waals surface area contributed by atoms with Crippen molar-refractivity contribution in [2.24, 2.45) is 0 Å². The summed E-state index contributed by atoms with van der Waals surface area (Å²) >= 11 is 3.29. The first-order valence-corrected chi connectivity index (χ1v) is 6.04. The highest BCUT2D eigenvalue weighted by molar-refractivity contribution is 9.10. The molecule has 1 aromatic rings. The molecule has 2 heterocycles. The monoisotopic (exact) mass is 284 g/mol. The summed E-state index contributed by atoms with van der Waals surface area (Å²) in [5.41, 5.74) is 0.584. The van der Waals surface area contributed by atoms with Crippen LogP contribution in [0.15, 0.2) is 22.9 Å². The molecule has 16 heavy (non-hydrogen) atoms. The van der Waals surface area contributed by atoms with Crippen LogP contribution in [0.3, 0.4) is 0 Å². The highest BCUT2D eigenvalue weighted by Crippen LogP contribution is 2.11. The van der Waals surface area contributed by atoms with Crippen LogP contribution in [0.4, 0.5) is 0 Å². The second kappa shape index (κ2) is 5.41. The number of nitrogens with zero attached hydrogens (tertiary/aromatic N) is 1. The molecule has 86 valence electrons. The highest BCUT2D eigenvalue weighted by atomic mass is 79.9. The zero-order valence-electron chi connectivity index (χ0n) is 8.78. The Kier molecular flexibility index (Phi) is 3.90. The molecule has 1 amide bonds. The lowest BCUT2D eigenvalue weighted by atomic mass is 10.1. The van der Waals surface area contributed by atoms with Crippen molar-refractivity contribution in [1.82, 2.24) is 10.3 Å². The molecule has 1 saturated heterocycles. The van der Waals surface area contributed by atoms with Gasteiger partial charge in [0.25, 0.3) is 5.91 Å². The van der Waals surface area contributed by atoms with Gasteiger partial charge in [-0.3, -0.25) is 9.78 Å². The normalized spacial score (nSPS) is 17.1. The summed E-state index contributed by atoms with van der Waals surface area (Å²) in [6.07, 6.45) is 4.99. The number of rotatable bonds is 2. The summed E-state index contributed by atoms with van der Waals surface area (Å²) in [4.78, 5) is 15.8. The first-order chi connectivity index (χ1) is 7.75. The number of amides is 1. The first kappa shape index (κ1) is 11.5. The number of hydrogen-bond acceptors (Lipinski definition) is 3. The fourth-order valence-corrected chi connectivity index (χ4v) is 2.01. The molecular weight excluding hydrogens is 272 g/mol. The van der Waals surface area contributed by atoms with Crippen molar-refractivity contribution in [3.8, 4) is 0 Å². The van der Waals surface area contributed by atoms with E-state index in [0.29, 0.717) is 5.56 Å². The highest BCUT2D eigenvalue weighted by Gasteiger charge is 2.17. The van der Waals surface area contributed by atoms with E-state index in [1.165, 1.54) is 0 Å². The Balaban J connectivity index is 1.97. The molecule has 0 unspecified atom stereocenters. The zero-order valence-corrected chi connectivity index (χ0v) is 10.4. The van der Waals surface area contributed by atoms with Gasteiger partial charge in [0.15, 0.2) is 0 Å². The van der Waals surface area contributed by atoms with Gasteiger partial charge in [-0.25, -0.2) is 0 Å². The maximum absolute atomic E-state index is 11.9. The van der Waals surface area contributed by atoms with Crippen molar-refractivity contribution in [3.05, 3.63) is 28.5 Å². The maximum Gasteiger partial charge on any atom is 0.253 e. The van der Waals surface area contributed by atoms with Crippen LogP contribution in [-0.4, -0.2) is 30.1 Å². The quantitative estimate of drug-likeness (QED) is 0.900. The van der Waals surface area contributed by atoms with Crippen molar-refractivity contribution >= 4 is 21.8 Å². The Hall–Kier alpha value is -0.940. The molecule has 0 atom stereocenters. The molecule has 1 fully saturated rings. The van der Waals surface area contributed by atoms with Gasteiger partial charge < -0.3 is 10.1 Å². The van der Waals surface area contributed by atoms with Gasteiger partial charge >= 0.3 is 0 Å². The predicted molar refractivity (Wildman–Crippen MR) is 63.2 cm³/mol. The third kappa shape index (κ3) is 3.02. The SMILES string of the molecule is O=C(NC1CCOCC1)c1cncc(Br)c1. The van der Waals surface area contributed by atoms with Crippen LogP contribution in [0, 0.1) is 0 Å². The van der Waals surface area contributed by atoms with Gasteiger partial charge in [-0.1, -0.05) is 0 Å². The topological polar surface area (TPSA) is 51.2 Å². The van der Waals surface area contributed by atoms with Gasteiger partial charge in [-0.15, -0.1) is 0 Å². The van der Waals surface area contributed by atoms with Crippen molar-refractivity contribution in [2.75, 3.05) is 13.2 Å². The number of hydrogen-bond donors (Lipinski definition) is 1. The maximum atomic E-state index is 11.9. The largest absolute Gasteiger partial charge is 0.381 e. The van der Waals surface area contributed by atoms with Crippen LogP contribution in [0.25, 0.3) is 0 Å². The first-order valence-electron chi connectivity index (χ1n) is 5.25. The lowest BCUT2D eigenvalue weighted by Crippen LogP contribution is -2.38. The van der Waals surface area contributed by atoms with E-state index < -0.39 is 0 Å². The van der Waals surface area contributed by atoms with Gasteiger partial charge in [0.1, 0.15) is 0 Å². The van der Waals surface area contributed by atoms with E-state index in [4.69, 9.17) is 4.74 Å². The molecule has 0 aromatic carbocycles. The van der Waals surface area contributed by atoms with Gasteiger partial charge in [0.05, 0.1) is 5.56 Å². The summed E-state index contributed by atoms with van der Waals surface area (Å²) in [5, 5.41) is 2.98. The average Bonchev–Trinajstić information content (AvgIpc) is 2.30. The summed E-state index contributed by atoms with van der Waals surface area (Å²) in [6.45, 7) is 1.45. The molecule has 0 spiro atoms. The van der Waals surface area contributed by atoms with E-state index in [1.54, 1.807) is 18.5 Å². The number of halogens is 1. The Bertz CT molecular complexity index is 378. The number of carbonyl (C=O) groups is 1. The summed E-state index contributed by atoms with van der Waals surface area (Å²) < 4.78 is 6.05. The van der Waals surface area contributed by atoms with E-state index in [0.717, 1.165) is 30.5 Å². The van der Waals surface area contributed by atoms with Gasteiger partial charge in [0.2, 0.25) is 0 Å². The van der Waals surface area contributed by atoms with E-state index in [2.05, 4.69) is 26.2 Å². The fourth-order valence-electron chi connectivity index (χ4n) is 1.65. The molecule has 1 aliphatic heterocycles. The zero-order chi connectivity index (χ0) is 11.4. The smallest absolute Gasteiger partial charge is 0.253 e. The van der Waals surface area contributed by atoms with Gasteiger partial charge in [0, 0.05) is 36.1 Å². The Morgan fingerprint density at radius 2 is 2.19 bits per heavy atom. The third-order valence-electron chi connectivity index (χ3n) is 2.52. The molecule has 2 rings (SSSR count). The van der Waals surface area contributed by atoms with Crippen LogP contribution >= 0.6 is 15.9 Å². The van der Waals surface area contributed by atoms with Gasteiger partial charge in [-0.2, -0.15) is 0 Å². The van der Waals surface area contributed by atoms with Crippen LogP contribution < -0.4 is 5.32 Å². The molecule has 0 bridgehead atoms. The second-order valence-corrected chi connectivity index (χ2v) is 4.67. The number of pyridine rings is 1. The summed E-state index contributed by atoms with van der Waals surface area (Å²) in [5.74, 6) is -0.0688. The Labute approximate surface area is 103 Å². The molecule has 0 saturated carbocycles. The number of nitrogens with one attached hydrogen (secondary N) is 1. The number of aromatic nitrogens is 1. The Morgan fingerprint density at radius 3 is 2.88 bits per heavy atom. The van der Waals surface area contributed by atoms with Crippen molar-refractivity contribution < 1.29 is 9.53 Å². The second-order valence-electron chi connectivity index (χ2n) is 3.75. The van der Waals surface area contributed by atoms with Crippen LogP contribution in [-0.2, 0) is 4.74 Å². The molecule has 1 N–H and O–H groups in total. The van der Waals surface area contributed by atoms with Crippen molar-refractivity contribution in [2.45, 2.75) is 18.9 Å². The molecule has 0 radical (unpaired) electrons. The minimum atomic E-state index is -0.0688. The third-order valence-corrected chi connectivity index (χ3v) is 2.96. The van der Waals surface area contributed by atoms with Crippen LogP contribution in [0.1, 0.15) is 23.2 Å². The van der Waals surface area contributed by atoms with Crippen molar-refractivity contribution in [3.63, 3.8) is 0 Å². The predicted octanol–water partition coefficient (Wildman–Crippen LogP) is 1.75. The van der Waals surface area contributed by atoms with Gasteiger partial charge in [-0.05, 0) is 34.8 Å². The van der Waals surface area contributed by atoms with E-state index >= 15 is 0 Å². The molecular formula is C11H13BrN2O2. The van der Waals surface area contributed by atoms with E-state index in [-0.39, 0.29) is 11.9 Å². The van der Waals surface area contributed by atoms with Crippen LogP contribution in [0.5, 0.6) is 0 Å². The van der Waals surface area contributed by atoms with Crippen molar-refractivity contribution in [1.29, 1.82) is 0 Å². The van der Waals surface area contributed by atoms with E-state index in [1.807, 2.05) is 0 Å². The molecule has 0 aliphatic carbocycles. The number of ether oxygens (including phenoxy) is 1. The van der Waals surface area contributed by atoms with E-state index in [9.17, 15) is 4.79 Å². The molecule has 1 aromatic heterocycles.